The quantitative estimate of drug-likeness (QED) is 0.651. The van der Waals surface area contributed by atoms with Gasteiger partial charge in [0.2, 0.25) is 0 Å². The van der Waals surface area contributed by atoms with Crippen LogP contribution in [-0.2, 0) is 13.1 Å². The monoisotopic (exact) mass is 257 g/mol. The second kappa shape index (κ2) is 6.04. The molecule has 1 aromatic carbocycles. The normalized spacial score (nSPS) is 11.6. The summed E-state index contributed by atoms with van der Waals surface area (Å²) in [6.07, 6.45) is 1.94. The van der Waals surface area contributed by atoms with E-state index in [1.807, 2.05) is 55.1 Å². The van der Waals surface area contributed by atoms with E-state index in [4.69, 9.17) is 5.73 Å². The molecule has 1 heterocycles. The first-order valence-electron chi connectivity index (χ1n) is 6.33. The van der Waals surface area contributed by atoms with Gasteiger partial charge in [-0.3, -0.25) is 4.68 Å². The van der Waals surface area contributed by atoms with Crippen LogP contribution in [0.3, 0.4) is 0 Å². The summed E-state index contributed by atoms with van der Waals surface area (Å²) in [5.74, 6) is 0.400. The molecule has 0 radical (unpaired) electrons. The molecular formula is C14H19N5. The molecule has 19 heavy (non-hydrogen) atoms. The molecule has 0 fully saturated rings. The van der Waals surface area contributed by atoms with E-state index in [0.29, 0.717) is 12.5 Å². The number of hydrogen-bond acceptors (Lipinski definition) is 2. The lowest BCUT2D eigenvalue weighted by atomic mass is 10.2. The molecule has 0 aliphatic carbocycles. The Labute approximate surface area is 113 Å². The van der Waals surface area contributed by atoms with Crippen molar-refractivity contribution in [3.8, 4) is 0 Å². The minimum atomic E-state index is 0.400. The molecule has 0 aliphatic heterocycles. The molecule has 0 aliphatic rings. The Kier molecular flexibility index (Phi) is 4.18. The van der Waals surface area contributed by atoms with Crippen LogP contribution in [0.5, 0.6) is 0 Å². The highest BCUT2D eigenvalue weighted by Gasteiger charge is 1.98. The van der Waals surface area contributed by atoms with Gasteiger partial charge < -0.3 is 11.1 Å². The molecule has 5 nitrogen and oxygen atoms in total. The number of nitrogens with zero attached hydrogens (tertiary/aromatic N) is 3. The van der Waals surface area contributed by atoms with Crippen LogP contribution in [0.25, 0.3) is 0 Å². The van der Waals surface area contributed by atoms with E-state index in [9.17, 15) is 0 Å². The third-order valence-electron chi connectivity index (χ3n) is 2.72. The molecule has 2 rings (SSSR count). The number of anilines is 1. The second-order valence-electron chi connectivity index (χ2n) is 4.36. The zero-order valence-corrected chi connectivity index (χ0v) is 11.3. The maximum atomic E-state index is 5.85. The molecule has 0 spiro atoms. The number of nitrogens with one attached hydrogen (secondary N) is 1. The van der Waals surface area contributed by atoms with E-state index in [0.717, 1.165) is 17.9 Å². The van der Waals surface area contributed by atoms with Crippen LogP contribution in [-0.4, -0.2) is 15.7 Å². The Morgan fingerprint density at radius 3 is 2.95 bits per heavy atom. The molecule has 3 N–H and O–H groups in total. The van der Waals surface area contributed by atoms with E-state index in [-0.39, 0.29) is 0 Å². The van der Waals surface area contributed by atoms with Crippen LogP contribution in [0.1, 0.15) is 18.2 Å². The van der Waals surface area contributed by atoms with Gasteiger partial charge in [-0.25, -0.2) is 4.99 Å². The topological polar surface area (TPSA) is 68.2 Å². The average molecular weight is 257 g/mol. The molecule has 5 heteroatoms. The standard InChI is InChI=1S/C14H19N5/c1-3-19-8-7-13(18-19)10-16-14(15)17-12-6-4-5-11(2)9-12/h4-9H,3,10H2,1-2H3,(H3,15,16,17). The predicted molar refractivity (Wildman–Crippen MR) is 78.0 cm³/mol. The molecular weight excluding hydrogens is 238 g/mol. The lowest BCUT2D eigenvalue weighted by Gasteiger charge is -2.05. The van der Waals surface area contributed by atoms with Crippen molar-refractivity contribution in [2.24, 2.45) is 10.7 Å². The van der Waals surface area contributed by atoms with Crippen molar-refractivity contribution < 1.29 is 0 Å². The summed E-state index contributed by atoms with van der Waals surface area (Å²) >= 11 is 0. The molecule has 0 saturated heterocycles. The maximum Gasteiger partial charge on any atom is 0.193 e. The smallest absolute Gasteiger partial charge is 0.193 e. The van der Waals surface area contributed by atoms with Crippen LogP contribution in [0.15, 0.2) is 41.5 Å². The fraction of sp³-hybridized carbons (Fsp3) is 0.286. The minimum absolute atomic E-state index is 0.400. The number of aryl methyl sites for hydroxylation is 2. The number of hydrogen-bond donors (Lipinski definition) is 2. The fourth-order valence-electron chi connectivity index (χ4n) is 1.74. The van der Waals surface area contributed by atoms with E-state index in [2.05, 4.69) is 15.4 Å². The molecule has 0 bridgehead atoms. The Bertz CT molecular complexity index is 571. The van der Waals surface area contributed by atoms with Crippen molar-refractivity contribution in [3.63, 3.8) is 0 Å². The van der Waals surface area contributed by atoms with Crippen LogP contribution in [0.2, 0.25) is 0 Å². The summed E-state index contributed by atoms with van der Waals surface area (Å²) < 4.78 is 1.87. The Hall–Kier alpha value is -2.30. The predicted octanol–water partition coefficient (Wildman–Crippen LogP) is 2.14. The van der Waals surface area contributed by atoms with Crippen LogP contribution >= 0.6 is 0 Å². The number of nitrogens with two attached hydrogens (primary N) is 1. The second-order valence-corrected chi connectivity index (χ2v) is 4.36. The SMILES string of the molecule is CCn1ccc(CN=C(N)Nc2cccc(C)c2)n1. The van der Waals surface area contributed by atoms with Gasteiger partial charge >= 0.3 is 0 Å². The number of aromatic nitrogens is 2. The maximum absolute atomic E-state index is 5.85. The van der Waals surface area contributed by atoms with E-state index in [1.54, 1.807) is 0 Å². The molecule has 0 unspecified atom stereocenters. The zero-order chi connectivity index (χ0) is 13.7. The van der Waals surface area contributed by atoms with Gasteiger partial charge in [-0.05, 0) is 37.6 Å². The number of rotatable bonds is 4. The summed E-state index contributed by atoms with van der Waals surface area (Å²) in [7, 11) is 0. The lowest BCUT2D eigenvalue weighted by molar-refractivity contribution is 0.647. The van der Waals surface area contributed by atoms with Gasteiger partial charge in [-0.2, -0.15) is 5.10 Å². The van der Waals surface area contributed by atoms with Gasteiger partial charge in [0.25, 0.3) is 0 Å². The van der Waals surface area contributed by atoms with Crippen molar-refractivity contribution >= 4 is 11.6 Å². The molecule has 100 valence electrons. The minimum Gasteiger partial charge on any atom is -0.370 e. The van der Waals surface area contributed by atoms with Crippen molar-refractivity contribution in [1.82, 2.24) is 9.78 Å². The first-order valence-corrected chi connectivity index (χ1v) is 6.33. The first kappa shape index (κ1) is 13.1. The highest BCUT2D eigenvalue weighted by molar-refractivity contribution is 5.92. The fourth-order valence-corrected chi connectivity index (χ4v) is 1.74. The Morgan fingerprint density at radius 1 is 1.42 bits per heavy atom. The third-order valence-corrected chi connectivity index (χ3v) is 2.72. The van der Waals surface area contributed by atoms with Gasteiger partial charge in [0.15, 0.2) is 5.96 Å². The van der Waals surface area contributed by atoms with Gasteiger partial charge in [0.1, 0.15) is 0 Å². The van der Waals surface area contributed by atoms with Crippen molar-refractivity contribution in [1.29, 1.82) is 0 Å². The highest BCUT2D eigenvalue weighted by atomic mass is 15.3. The summed E-state index contributed by atoms with van der Waals surface area (Å²) in [5.41, 5.74) is 8.88. The largest absolute Gasteiger partial charge is 0.370 e. The third kappa shape index (κ3) is 3.84. The van der Waals surface area contributed by atoms with Crippen LogP contribution in [0.4, 0.5) is 5.69 Å². The van der Waals surface area contributed by atoms with Crippen molar-refractivity contribution in [2.75, 3.05) is 5.32 Å². The molecule has 1 aromatic heterocycles. The Balaban J connectivity index is 1.95. The van der Waals surface area contributed by atoms with Gasteiger partial charge in [-0.1, -0.05) is 12.1 Å². The van der Waals surface area contributed by atoms with Gasteiger partial charge in [-0.15, -0.1) is 0 Å². The van der Waals surface area contributed by atoms with Crippen LogP contribution in [0, 0.1) is 6.92 Å². The summed E-state index contributed by atoms with van der Waals surface area (Å²) in [4.78, 5) is 4.27. The highest BCUT2D eigenvalue weighted by Crippen LogP contribution is 2.09. The van der Waals surface area contributed by atoms with Crippen molar-refractivity contribution in [2.45, 2.75) is 26.9 Å². The van der Waals surface area contributed by atoms with E-state index >= 15 is 0 Å². The van der Waals surface area contributed by atoms with Crippen molar-refractivity contribution in [3.05, 3.63) is 47.8 Å². The summed E-state index contributed by atoms with van der Waals surface area (Å²) in [6, 6.07) is 9.95. The zero-order valence-electron chi connectivity index (χ0n) is 11.3. The van der Waals surface area contributed by atoms with E-state index in [1.165, 1.54) is 5.56 Å². The molecule has 0 amide bonds. The average Bonchev–Trinajstić information content (AvgIpc) is 2.84. The summed E-state index contributed by atoms with van der Waals surface area (Å²) in [5, 5.41) is 7.42. The molecule has 2 aromatic rings. The first-order chi connectivity index (χ1) is 9.17. The molecule has 0 saturated carbocycles. The summed E-state index contributed by atoms with van der Waals surface area (Å²) in [6.45, 7) is 5.43. The number of aliphatic imine (C=N–C) groups is 1. The Morgan fingerprint density at radius 2 is 2.26 bits per heavy atom. The van der Waals surface area contributed by atoms with Gasteiger partial charge in [0, 0.05) is 18.4 Å². The molecule has 0 atom stereocenters. The van der Waals surface area contributed by atoms with Gasteiger partial charge in [0.05, 0.1) is 12.2 Å². The number of benzene rings is 1. The lowest BCUT2D eigenvalue weighted by Crippen LogP contribution is -2.22. The van der Waals surface area contributed by atoms with E-state index < -0.39 is 0 Å². The van der Waals surface area contributed by atoms with Crippen LogP contribution < -0.4 is 11.1 Å². The number of guanidine groups is 1.